The van der Waals surface area contributed by atoms with E-state index in [1.54, 1.807) is 6.92 Å². The molecule has 0 radical (unpaired) electrons. The highest BCUT2D eigenvalue weighted by molar-refractivity contribution is 5.72. The highest BCUT2D eigenvalue weighted by Crippen LogP contribution is 2.13. The summed E-state index contributed by atoms with van der Waals surface area (Å²) in [7, 11) is 1.37. The number of carbonyl (C=O) groups excluding carboxylic acids is 2. The van der Waals surface area contributed by atoms with Crippen molar-refractivity contribution in [2.24, 2.45) is 5.92 Å². The minimum absolute atomic E-state index is 0. The minimum Gasteiger partial charge on any atom is -0.469 e. The van der Waals surface area contributed by atoms with Gasteiger partial charge in [-0.15, -0.1) is 0 Å². The second-order valence-electron chi connectivity index (χ2n) is 4.90. The number of hydrogen-bond donors (Lipinski definition) is 0. The van der Waals surface area contributed by atoms with Crippen molar-refractivity contribution < 1.29 is 20.5 Å². The fourth-order valence-electron chi connectivity index (χ4n) is 1.26. The molecule has 4 nitrogen and oxygen atoms in total. The Morgan fingerprint density at radius 2 is 1.88 bits per heavy atom. The van der Waals surface area contributed by atoms with Crippen LogP contribution in [-0.4, -0.2) is 24.6 Å². The van der Waals surface area contributed by atoms with Gasteiger partial charge in [0.05, 0.1) is 13.0 Å². The smallest absolute Gasteiger partial charge is 0.308 e. The second-order valence-corrected chi connectivity index (χ2v) is 4.90. The molecule has 0 aliphatic heterocycles. The topological polar surface area (TPSA) is 52.6 Å². The second kappa shape index (κ2) is 6.51. The number of methoxy groups -OCH3 is 1. The van der Waals surface area contributed by atoms with Crippen molar-refractivity contribution in [3.8, 4) is 0 Å². The van der Waals surface area contributed by atoms with Crippen LogP contribution in [0.1, 0.15) is 48.4 Å². The molecular weight excluding hydrogens is 208 g/mol. The molecule has 0 aliphatic carbocycles. The molecule has 0 N–H and O–H groups in total. The maximum Gasteiger partial charge on any atom is 0.308 e. The molecule has 0 aromatic carbocycles. The SMILES string of the molecule is COC(=O)[C@@H](C)CCCC(=O)OC(C)(C)C.[2HH]. The zero-order valence-corrected chi connectivity index (χ0v) is 10.8. The molecule has 0 saturated carbocycles. The van der Waals surface area contributed by atoms with Gasteiger partial charge in [-0.3, -0.25) is 9.59 Å². The molecular formula is C12H24O4. The van der Waals surface area contributed by atoms with Crippen LogP contribution in [-0.2, 0) is 19.1 Å². The van der Waals surface area contributed by atoms with Gasteiger partial charge in [0.15, 0.2) is 0 Å². The Morgan fingerprint density at radius 1 is 1.31 bits per heavy atom. The van der Waals surface area contributed by atoms with Gasteiger partial charge in [0.2, 0.25) is 0 Å². The number of esters is 2. The van der Waals surface area contributed by atoms with E-state index in [0.717, 1.165) is 0 Å². The van der Waals surface area contributed by atoms with E-state index in [4.69, 9.17) is 4.74 Å². The van der Waals surface area contributed by atoms with Crippen molar-refractivity contribution in [2.75, 3.05) is 7.11 Å². The van der Waals surface area contributed by atoms with E-state index in [1.807, 2.05) is 20.8 Å². The fourth-order valence-corrected chi connectivity index (χ4v) is 1.26. The molecule has 0 spiro atoms. The Bertz CT molecular complexity index is 245. The summed E-state index contributed by atoms with van der Waals surface area (Å²) in [6, 6.07) is 0. The molecule has 0 amide bonds. The van der Waals surface area contributed by atoms with Gasteiger partial charge in [0.1, 0.15) is 5.60 Å². The first kappa shape index (κ1) is 14.9. The molecule has 96 valence electrons. The largest absolute Gasteiger partial charge is 0.469 e. The maximum atomic E-state index is 11.3. The van der Waals surface area contributed by atoms with Gasteiger partial charge in [-0.1, -0.05) is 6.92 Å². The number of hydrogen-bond acceptors (Lipinski definition) is 4. The third-order valence-corrected chi connectivity index (χ3v) is 2.04. The van der Waals surface area contributed by atoms with Crippen LogP contribution in [0.25, 0.3) is 0 Å². The summed E-state index contributed by atoms with van der Waals surface area (Å²) in [4.78, 5) is 22.4. The van der Waals surface area contributed by atoms with E-state index in [1.165, 1.54) is 7.11 Å². The lowest BCUT2D eigenvalue weighted by Crippen LogP contribution is -2.23. The van der Waals surface area contributed by atoms with Crippen LogP contribution in [0.3, 0.4) is 0 Å². The first-order valence-electron chi connectivity index (χ1n) is 5.56. The van der Waals surface area contributed by atoms with Crippen LogP contribution < -0.4 is 0 Å². The number of rotatable bonds is 5. The third kappa shape index (κ3) is 7.26. The van der Waals surface area contributed by atoms with Crippen LogP contribution in [0.4, 0.5) is 0 Å². The number of carbonyl (C=O) groups is 2. The lowest BCUT2D eigenvalue weighted by atomic mass is 10.0. The van der Waals surface area contributed by atoms with E-state index in [9.17, 15) is 9.59 Å². The Kier molecular flexibility index (Phi) is 6.08. The summed E-state index contributed by atoms with van der Waals surface area (Å²) in [6.45, 7) is 7.30. The first-order chi connectivity index (χ1) is 7.26. The zero-order valence-electron chi connectivity index (χ0n) is 10.8. The van der Waals surface area contributed by atoms with E-state index < -0.39 is 5.60 Å². The molecule has 1 atom stereocenters. The summed E-state index contributed by atoms with van der Waals surface area (Å²) in [5.41, 5.74) is -0.439. The van der Waals surface area contributed by atoms with Gasteiger partial charge in [-0.25, -0.2) is 0 Å². The van der Waals surface area contributed by atoms with Gasteiger partial charge in [0, 0.05) is 7.85 Å². The lowest BCUT2D eigenvalue weighted by molar-refractivity contribution is -0.155. The predicted molar refractivity (Wildman–Crippen MR) is 63.0 cm³/mol. The first-order valence-corrected chi connectivity index (χ1v) is 5.56. The Hall–Kier alpha value is -1.06. The standard InChI is InChI=1S/C12H22O4.H2/c1-9(11(14)15-5)7-6-8-10(13)16-12(2,3)4;/h9H,6-8H2,1-5H3;1H/t9-;/m0./s1/i;1+1. The molecule has 0 aliphatic rings. The Morgan fingerprint density at radius 3 is 2.31 bits per heavy atom. The van der Waals surface area contributed by atoms with E-state index in [0.29, 0.717) is 19.3 Å². The summed E-state index contributed by atoms with van der Waals surface area (Å²) in [6.07, 6.45) is 1.63. The minimum atomic E-state index is -0.439. The van der Waals surface area contributed by atoms with Crippen molar-refractivity contribution in [1.29, 1.82) is 0 Å². The summed E-state index contributed by atoms with van der Waals surface area (Å²) >= 11 is 0. The van der Waals surface area contributed by atoms with Crippen molar-refractivity contribution in [1.82, 2.24) is 0 Å². The number of ether oxygens (including phenoxy) is 2. The van der Waals surface area contributed by atoms with Gasteiger partial charge in [0.25, 0.3) is 0 Å². The highest BCUT2D eigenvalue weighted by atomic mass is 16.6. The quantitative estimate of drug-likeness (QED) is 0.685. The average molecular weight is 233 g/mol. The molecule has 0 fully saturated rings. The molecule has 0 saturated heterocycles. The van der Waals surface area contributed by atoms with Crippen molar-refractivity contribution >= 4 is 11.9 Å². The van der Waals surface area contributed by atoms with Crippen LogP contribution in [0.5, 0.6) is 0 Å². The predicted octanol–water partition coefficient (Wildman–Crippen LogP) is 2.55. The van der Waals surface area contributed by atoms with Crippen LogP contribution in [0, 0.1) is 5.92 Å². The van der Waals surface area contributed by atoms with Gasteiger partial charge >= 0.3 is 11.9 Å². The van der Waals surface area contributed by atoms with Gasteiger partial charge in [-0.05, 0) is 33.6 Å². The van der Waals surface area contributed by atoms with Gasteiger partial charge in [-0.2, -0.15) is 0 Å². The van der Waals surface area contributed by atoms with Crippen molar-refractivity contribution in [3.63, 3.8) is 0 Å². The van der Waals surface area contributed by atoms with Crippen LogP contribution >= 0.6 is 0 Å². The monoisotopic (exact) mass is 233 g/mol. The van der Waals surface area contributed by atoms with Crippen molar-refractivity contribution in [2.45, 2.75) is 52.6 Å². The van der Waals surface area contributed by atoms with E-state index in [2.05, 4.69) is 4.74 Å². The molecule has 4 heteroatoms. The third-order valence-electron chi connectivity index (χ3n) is 2.04. The molecule has 0 unspecified atom stereocenters. The molecule has 0 aromatic heterocycles. The molecule has 16 heavy (non-hydrogen) atoms. The average Bonchev–Trinajstić information content (AvgIpc) is 2.13. The lowest BCUT2D eigenvalue weighted by Gasteiger charge is -2.19. The Labute approximate surface area is 98.8 Å². The molecule has 0 aromatic rings. The molecule has 0 heterocycles. The molecule has 0 rings (SSSR count). The Balaban J connectivity index is 0. The zero-order chi connectivity index (χ0) is 12.8. The summed E-state index contributed by atoms with van der Waals surface area (Å²) in [5, 5.41) is 0. The maximum absolute atomic E-state index is 11.3. The summed E-state index contributed by atoms with van der Waals surface area (Å²) < 4.78 is 9.75. The highest BCUT2D eigenvalue weighted by Gasteiger charge is 2.17. The van der Waals surface area contributed by atoms with E-state index in [-0.39, 0.29) is 19.3 Å². The van der Waals surface area contributed by atoms with Crippen molar-refractivity contribution in [3.05, 3.63) is 0 Å². The van der Waals surface area contributed by atoms with E-state index >= 15 is 0 Å². The fraction of sp³-hybridized carbons (Fsp3) is 0.833. The summed E-state index contributed by atoms with van der Waals surface area (Å²) in [5.74, 6) is -0.610. The molecule has 0 bridgehead atoms. The normalized spacial score (nSPS) is 13.1. The van der Waals surface area contributed by atoms with Crippen LogP contribution in [0.15, 0.2) is 0 Å². The van der Waals surface area contributed by atoms with Gasteiger partial charge < -0.3 is 9.47 Å². The van der Waals surface area contributed by atoms with Crippen LogP contribution in [0.2, 0.25) is 0 Å².